The Morgan fingerprint density at radius 3 is 2.37 bits per heavy atom. The fourth-order valence-corrected chi connectivity index (χ4v) is 3.43. The number of amides is 1. The van der Waals surface area contributed by atoms with Crippen molar-refractivity contribution in [1.29, 1.82) is 0 Å². The Hall–Kier alpha value is -2.77. The van der Waals surface area contributed by atoms with Crippen LogP contribution in [0.15, 0.2) is 71.6 Å². The van der Waals surface area contributed by atoms with Crippen molar-refractivity contribution >= 4 is 45.8 Å². The third kappa shape index (κ3) is 5.35. The average Bonchev–Trinajstić information content (AvgIpc) is 2.69. The summed E-state index contributed by atoms with van der Waals surface area (Å²) in [7, 11) is 0. The van der Waals surface area contributed by atoms with Crippen molar-refractivity contribution in [3.63, 3.8) is 0 Å². The van der Waals surface area contributed by atoms with E-state index in [-0.39, 0.29) is 11.3 Å². The zero-order valence-electron chi connectivity index (χ0n) is 14.4. The van der Waals surface area contributed by atoms with Crippen molar-refractivity contribution in [3.05, 3.63) is 72.3 Å². The molecule has 0 saturated heterocycles. The maximum Gasteiger partial charge on any atom is 0.273 e. The van der Waals surface area contributed by atoms with E-state index in [4.69, 9.17) is 12.2 Å². The molecule has 0 spiro atoms. The molecule has 3 aromatic carbocycles. The molecule has 7 heteroatoms. The number of hydrogen-bond donors (Lipinski definition) is 4. The van der Waals surface area contributed by atoms with Gasteiger partial charge in [-0.2, -0.15) is 0 Å². The fourth-order valence-electron chi connectivity index (χ4n) is 2.49. The highest BCUT2D eigenvalue weighted by Crippen LogP contribution is 2.24. The monoisotopic (exact) mass is 397 g/mol. The van der Waals surface area contributed by atoms with Gasteiger partial charge in [0.05, 0.1) is 5.56 Å². The molecule has 0 unspecified atom stereocenters. The van der Waals surface area contributed by atoms with Crippen molar-refractivity contribution in [2.45, 2.75) is 4.90 Å². The molecule has 0 saturated carbocycles. The van der Waals surface area contributed by atoms with Crippen LogP contribution < -0.4 is 16.2 Å². The second kappa shape index (κ2) is 9.25. The Balaban J connectivity index is 1.46. The van der Waals surface area contributed by atoms with Gasteiger partial charge in [0.25, 0.3) is 5.91 Å². The average molecular weight is 398 g/mol. The van der Waals surface area contributed by atoms with Crippen molar-refractivity contribution in [3.8, 4) is 5.75 Å². The lowest BCUT2D eigenvalue weighted by molar-refractivity contribution is 0.0941. The van der Waals surface area contributed by atoms with Gasteiger partial charge in [0.2, 0.25) is 0 Å². The van der Waals surface area contributed by atoms with Crippen LogP contribution in [0, 0.1) is 0 Å². The lowest BCUT2D eigenvalue weighted by Crippen LogP contribution is -2.47. The van der Waals surface area contributed by atoms with Crippen LogP contribution in [0.5, 0.6) is 5.75 Å². The van der Waals surface area contributed by atoms with E-state index >= 15 is 0 Å². The Morgan fingerprint density at radius 2 is 1.63 bits per heavy atom. The van der Waals surface area contributed by atoms with Gasteiger partial charge in [0.15, 0.2) is 5.11 Å². The zero-order chi connectivity index (χ0) is 19.1. The molecule has 0 heterocycles. The van der Waals surface area contributed by atoms with Gasteiger partial charge in [0, 0.05) is 17.2 Å². The molecule has 0 aliphatic heterocycles. The normalized spacial score (nSPS) is 10.4. The second-order valence-electron chi connectivity index (χ2n) is 5.71. The molecular formula is C20H19N3O2S2. The van der Waals surface area contributed by atoms with E-state index in [9.17, 15) is 9.90 Å². The highest BCUT2D eigenvalue weighted by atomic mass is 32.2. The summed E-state index contributed by atoms with van der Waals surface area (Å²) < 4.78 is 0. The summed E-state index contributed by atoms with van der Waals surface area (Å²) in [5.74, 6) is 0.304. The summed E-state index contributed by atoms with van der Waals surface area (Å²) in [4.78, 5) is 13.5. The molecule has 0 aliphatic rings. The van der Waals surface area contributed by atoms with E-state index in [1.165, 1.54) is 4.90 Å². The number of benzene rings is 3. The van der Waals surface area contributed by atoms with E-state index in [0.29, 0.717) is 11.7 Å². The minimum Gasteiger partial charge on any atom is -0.507 e. The summed E-state index contributed by atoms with van der Waals surface area (Å²) in [5, 5.41) is 15.2. The number of phenols is 1. The number of phenolic OH excluding ortho intramolecular Hbond substituents is 1. The molecule has 0 bridgehead atoms. The number of thiocarbonyl (C=S) groups is 1. The fraction of sp³-hybridized carbons (Fsp3) is 0.100. The molecule has 0 fully saturated rings. The molecule has 3 aromatic rings. The number of fused-ring (bicyclic) bond motifs is 1. The van der Waals surface area contributed by atoms with Gasteiger partial charge in [-0.3, -0.25) is 15.6 Å². The van der Waals surface area contributed by atoms with Crippen LogP contribution in [0.3, 0.4) is 0 Å². The number of thioether (sulfide) groups is 1. The highest BCUT2D eigenvalue weighted by molar-refractivity contribution is 7.99. The van der Waals surface area contributed by atoms with Crippen LogP contribution in [-0.2, 0) is 0 Å². The van der Waals surface area contributed by atoms with Gasteiger partial charge in [0.1, 0.15) is 5.75 Å². The van der Waals surface area contributed by atoms with Gasteiger partial charge in [-0.1, -0.05) is 42.5 Å². The van der Waals surface area contributed by atoms with E-state index < -0.39 is 5.91 Å². The first-order valence-electron chi connectivity index (χ1n) is 8.37. The maximum absolute atomic E-state index is 12.3. The van der Waals surface area contributed by atoms with Crippen molar-refractivity contribution in [1.82, 2.24) is 16.2 Å². The Labute approximate surface area is 167 Å². The van der Waals surface area contributed by atoms with Gasteiger partial charge in [-0.25, -0.2) is 0 Å². The van der Waals surface area contributed by atoms with Crippen LogP contribution in [0.1, 0.15) is 10.4 Å². The van der Waals surface area contributed by atoms with Crippen LogP contribution in [-0.4, -0.2) is 28.4 Å². The van der Waals surface area contributed by atoms with Crippen LogP contribution in [0.25, 0.3) is 10.8 Å². The minimum absolute atomic E-state index is 0.0776. The summed E-state index contributed by atoms with van der Waals surface area (Å²) >= 11 is 6.87. The van der Waals surface area contributed by atoms with Crippen LogP contribution >= 0.6 is 24.0 Å². The molecule has 3 rings (SSSR count). The quantitative estimate of drug-likeness (QED) is 0.229. The van der Waals surface area contributed by atoms with Gasteiger partial charge in [-0.05, 0) is 47.3 Å². The number of carbonyl (C=O) groups is 1. The molecular weight excluding hydrogens is 378 g/mol. The number of rotatable bonds is 5. The molecule has 138 valence electrons. The zero-order valence-corrected chi connectivity index (χ0v) is 16.1. The standard InChI is InChI=1S/C20H19N3O2S2/c24-18-13-15-7-5-4-6-14(15)12-17(18)19(25)22-23-20(26)21-10-11-27-16-8-2-1-3-9-16/h1-9,12-13,24H,10-11H2,(H,22,25)(H2,21,23,26). The number of hydrazine groups is 1. The molecule has 0 atom stereocenters. The van der Waals surface area contributed by atoms with Gasteiger partial charge in [-0.15, -0.1) is 11.8 Å². The SMILES string of the molecule is O=C(NNC(=S)NCCSc1ccccc1)c1cc2ccccc2cc1O. The second-order valence-corrected chi connectivity index (χ2v) is 7.29. The number of nitrogens with one attached hydrogen (secondary N) is 3. The first kappa shape index (κ1) is 19.0. The van der Waals surface area contributed by atoms with Crippen molar-refractivity contribution in [2.24, 2.45) is 0 Å². The maximum atomic E-state index is 12.3. The van der Waals surface area contributed by atoms with Crippen molar-refractivity contribution in [2.75, 3.05) is 12.3 Å². The Morgan fingerprint density at radius 1 is 0.963 bits per heavy atom. The summed E-state index contributed by atoms with van der Waals surface area (Å²) in [5.41, 5.74) is 5.34. The Kier molecular flexibility index (Phi) is 6.51. The number of carbonyl (C=O) groups excluding carboxylic acids is 1. The summed E-state index contributed by atoms with van der Waals surface area (Å²) in [6.07, 6.45) is 0. The Bertz CT molecular complexity index is 948. The van der Waals surface area contributed by atoms with E-state index in [0.717, 1.165) is 16.5 Å². The largest absolute Gasteiger partial charge is 0.507 e. The number of aromatic hydroxyl groups is 1. The first-order chi connectivity index (χ1) is 13.1. The van der Waals surface area contributed by atoms with E-state index in [2.05, 4.69) is 28.3 Å². The minimum atomic E-state index is -0.457. The molecule has 0 aromatic heterocycles. The molecule has 0 radical (unpaired) electrons. The van der Waals surface area contributed by atoms with Gasteiger partial charge >= 0.3 is 0 Å². The van der Waals surface area contributed by atoms with Gasteiger partial charge < -0.3 is 10.4 Å². The van der Waals surface area contributed by atoms with Crippen molar-refractivity contribution < 1.29 is 9.90 Å². The summed E-state index contributed by atoms with van der Waals surface area (Å²) in [6.45, 7) is 0.655. The lowest BCUT2D eigenvalue weighted by atomic mass is 10.1. The summed E-state index contributed by atoms with van der Waals surface area (Å²) in [6, 6.07) is 20.8. The third-order valence-corrected chi connectivity index (χ3v) is 5.06. The predicted octanol–water partition coefficient (Wildman–Crippen LogP) is 3.45. The predicted molar refractivity (Wildman–Crippen MR) is 114 cm³/mol. The van der Waals surface area contributed by atoms with Crippen LogP contribution in [0.4, 0.5) is 0 Å². The smallest absolute Gasteiger partial charge is 0.273 e. The lowest BCUT2D eigenvalue weighted by Gasteiger charge is -2.12. The van der Waals surface area contributed by atoms with E-state index in [1.807, 2.05) is 42.5 Å². The highest BCUT2D eigenvalue weighted by Gasteiger charge is 2.12. The topological polar surface area (TPSA) is 73.4 Å². The molecule has 1 amide bonds. The van der Waals surface area contributed by atoms with E-state index in [1.54, 1.807) is 23.9 Å². The van der Waals surface area contributed by atoms with Crippen LogP contribution in [0.2, 0.25) is 0 Å². The molecule has 4 N–H and O–H groups in total. The molecule has 0 aliphatic carbocycles. The molecule has 27 heavy (non-hydrogen) atoms. The third-order valence-electron chi connectivity index (χ3n) is 3.80. The number of hydrogen-bond acceptors (Lipinski definition) is 4. The first-order valence-corrected chi connectivity index (χ1v) is 9.76. The molecule has 5 nitrogen and oxygen atoms in total.